The molecule has 38 heavy (non-hydrogen) atoms. The van der Waals surface area contributed by atoms with Gasteiger partial charge in [0.2, 0.25) is 5.88 Å². The van der Waals surface area contributed by atoms with Crippen molar-refractivity contribution >= 4 is 0 Å². The van der Waals surface area contributed by atoms with E-state index in [9.17, 15) is 13.2 Å². The molecule has 6 nitrogen and oxygen atoms in total. The molecule has 9 heteroatoms. The van der Waals surface area contributed by atoms with E-state index < -0.39 is 11.7 Å². The number of hydrogen-bond acceptors (Lipinski definition) is 6. The van der Waals surface area contributed by atoms with Crippen LogP contribution in [0.3, 0.4) is 0 Å². The van der Waals surface area contributed by atoms with Gasteiger partial charge in [0.1, 0.15) is 0 Å². The minimum atomic E-state index is -4.40. The van der Waals surface area contributed by atoms with Gasteiger partial charge in [-0.1, -0.05) is 12.6 Å². The van der Waals surface area contributed by atoms with E-state index in [2.05, 4.69) is 32.4 Å². The first-order valence-corrected chi connectivity index (χ1v) is 13.4. The highest BCUT2D eigenvalue weighted by atomic mass is 19.4. The second kappa shape index (κ2) is 10.8. The molecule has 0 N–H and O–H groups in total. The summed E-state index contributed by atoms with van der Waals surface area (Å²) < 4.78 is 50.8. The third kappa shape index (κ3) is 5.41. The standard InChI is InChI=1S/C29H37F3N4O2/c1-20(35-12-10-26-23(17-35)14-24(16-33-26)29(30,31)32)28(19-37-2)11-13-36(18-28)25-7-4-21(5-8-25)22-6-9-27(38-3)34-15-22/h6,9,14-16,21,25H,1,4-5,7-8,10-13,17-19H2,2-3H3. The van der Waals surface area contributed by atoms with E-state index >= 15 is 0 Å². The Kier molecular flexibility index (Phi) is 7.69. The van der Waals surface area contributed by atoms with E-state index in [-0.39, 0.29) is 5.41 Å². The molecule has 2 aliphatic heterocycles. The number of halogens is 3. The number of pyridine rings is 2. The zero-order valence-corrected chi connectivity index (χ0v) is 22.3. The molecule has 0 aromatic carbocycles. The molecule has 0 spiro atoms. The minimum absolute atomic E-state index is 0.238. The number of rotatable bonds is 7. The van der Waals surface area contributed by atoms with E-state index in [0.29, 0.717) is 49.5 Å². The number of alkyl halides is 3. The number of hydrogen-bond donors (Lipinski definition) is 0. The van der Waals surface area contributed by atoms with Gasteiger partial charge in [0.15, 0.2) is 0 Å². The second-order valence-corrected chi connectivity index (χ2v) is 11.0. The Bertz CT molecular complexity index is 1130. The van der Waals surface area contributed by atoms with Crippen LogP contribution in [-0.2, 0) is 23.9 Å². The number of likely N-dealkylation sites (tertiary alicyclic amines) is 1. The normalized spacial score (nSPS) is 26.3. The van der Waals surface area contributed by atoms with Crippen molar-refractivity contribution in [2.24, 2.45) is 5.41 Å². The first-order valence-electron chi connectivity index (χ1n) is 13.4. The second-order valence-electron chi connectivity index (χ2n) is 11.0. The lowest BCUT2D eigenvalue weighted by Crippen LogP contribution is -2.44. The number of ether oxygens (including phenoxy) is 2. The van der Waals surface area contributed by atoms with Gasteiger partial charge in [-0.05, 0) is 61.8 Å². The lowest BCUT2D eigenvalue weighted by Gasteiger charge is -2.42. The van der Waals surface area contributed by atoms with Gasteiger partial charge in [0.05, 0.1) is 19.3 Å². The largest absolute Gasteiger partial charge is 0.481 e. The van der Waals surface area contributed by atoms with Gasteiger partial charge in [0.25, 0.3) is 0 Å². The maximum atomic E-state index is 13.3. The van der Waals surface area contributed by atoms with E-state index in [4.69, 9.17) is 9.47 Å². The third-order valence-electron chi connectivity index (χ3n) is 8.82. The molecule has 0 bridgehead atoms. The molecule has 0 amide bonds. The first kappa shape index (κ1) is 26.9. The topological polar surface area (TPSA) is 50.7 Å². The Morgan fingerprint density at radius 2 is 1.89 bits per heavy atom. The summed E-state index contributed by atoms with van der Waals surface area (Å²) in [7, 11) is 3.35. The molecule has 2 aromatic heterocycles. The summed E-state index contributed by atoms with van der Waals surface area (Å²) in [4.78, 5) is 13.2. The van der Waals surface area contributed by atoms with Crippen LogP contribution in [0.4, 0.5) is 13.2 Å². The molecular weight excluding hydrogens is 493 g/mol. The fourth-order valence-corrected chi connectivity index (χ4v) is 6.60. The lowest BCUT2D eigenvalue weighted by molar-refractivity contribution is -0.137. The van der Waals surface area contributed by atoms with Gasteiger partial charge in [0, 0.05) is 74.5 Å². The highest BCUT2D eigenvalue weighted by Crippen LogP contribution is 2.44. The summed E-state index contributed by atoms with van der Waals surface area (Å²) in [5, 5.41) is 0. The van der Waals surface area contributed by atoms with Gasteiger partial charge < -0.3 is 14.4 Å². The van der Waals surface area contributed by atoms with E-state index in [1.165, 1.54) is 11.6 Å². The van der Waals surface area contributed by atoms with Crippen LogP contribution >= 0.6 is 0 Å². The fraction of sp³-hybridized carbons (Fsp3) is 0.586. The van der Waals surface area contributed by atoms with Crippen LogP contribution in [0.15, 0.2) is 42.9 Å². The van der Waals surface area contributed by atoms with Crippen molar-refractivity contribution in [2.75, 3.05) is 40.5 Å². The Labute approximate surface area is 222 Å². The van der Waals surface area contributed by atoms with E-state index in [1.54, 1.807) is 14.2 Å². The van der Waals surface area contributed by atoms with Crippen molar-refractivity contribution < 1.29 is 22.6 Å². The highest BCUT2D eigenvalue weighted by molar-refractivity contribution is 5.31. The van der Waals surface area contributed by atoms with Crippen molar-refractivity contribution in [1.82, 2.24) is 19.8 Å². The summed E-state index contributed by atoms with van der Waals surface area (Å²) in [5.74, 6) is 1.16. The Morgan fingerprint density at radius 1 is 1.11 bits per heavy atom. The number of nitrogens with zero attached hydrogens (tertiary/aromatic N) is 4. The fourth-order valence-electron chi connectivity index (χ4n) is 6.60. The average Bonchev–Trinajstić information content (AvgIpc) is 3.37. The van der Waals surface area contributed by atoms with E-state index in [0.717, 1.165) is 62.8 Å². The predicted octanol–water partition coefficient (Wildman–Crippen LogP) is 5.44. The van der Waals surface area contributed by atoms with Crippen LogP contribution in [-0.4, -0.2) is 66.3 Å². The quantitative estimate of drug-likeness (QED) is 0.475. The summed E-state index contributed by atoms with van der Waals surface area (Å²) in [5.41, 5.74) is 2.71. The molecule has 1 atom stereocenters. The number of fused-ring (bicyclic) bond motifs is 1. The molecule has 2 aromatic rings. The summed E-state index contributed by atoms with van der Waals surface area (Å²) in [6.07, 6.45) is 4.57. The molecule has 2 fully saturated rings. The molecule has 1 saturated carbocycles. The maximum Gasteiger partial charge on any atom is 0.417 e. The van der Waals surface area contributed by atoms with Crippen LogP contribution in [0.25, 0.3) is 0 Å². The third-order valence-corrected chi connectivity index (χ3v) is 8.82. The summed E-state index contributed by atoms with van der Waals surface area (Å²) in [6.45, 7) is 8.00. The smallest absolute Gasteiger partial charge is 0.417 e. The molecule has 1 saturated heterocycles. The van der Waals surface area contributed by atoms with Gasteiger partial charge in [-0.2, -0.15) is 13.2 Å². The van der Waals surface area contributed by atoms with E-state index in [1.807, 2.05) is 12.3 Å². The van der Waals surface area contributed by atoms with Gasteiger partial charge in [-0.15, -0.1) is 0 Å². The minimum Gasteiger partial charge on any atom is -0.481 e. The maximum absolute atomic E-state index is 13.3. The van der Waals surface area contributed by atoms with Crippen molar-refractivity contribution in [3.05, 3.63) is 65.3 Å². The predicted molar refractivity (Wildman–Crippen MR) is 139 cm³/mol. The van der Waals surface area contributed by atoms with Crippen molar-refractivity contribution in [2.45, 2.75) is 63.2 Å². The van der Waals surface area contributed by atoms with Crippen LogP contribution in [0.1, 0.15) is 60.4 Å². The zero-order valence-electron chi connectivity index (χ0n) is 22.3. The summed E-state index contributed by atoms with van der Waals surface area (Å²) >= 11 is 0. The Hall–Kier alpha value is -2.65. The summed E-state index contributed by atoms with van der Waals surface area (Å²) in [6, 6.07) is 5.84. The molecule has 0 radical (unpaired) electrons. The van der Waals surface area contributed by atoms with Crippen LogP contribution in [0.5, 0.6) is 5.88 Å². The van der Waals surface area contributed by atoms with Crippen LogP contribution < -0.4 is 4.74 Å². The van der Waals surface area contributed by atoms with Crippen molar-refractivity contribution in [1.29, 1.82) is 0 Å². The molecule has 4 heterocycles. The Morgan fingerprint density at radius 3 is 2.55 bits per heavy atom. The molecule has 206 valence electrons. The van der Waals surface area contributed by atoms with Gasteiger partial charge >= 0.3 is 6.18 Å². The molecule has 1 aliphatic carbocycles. The van der Waals surface area contributed by atoms with Gasteiger partial charge in [-0.25, -0.2) is 4.98 Å². The molecular formula is C29H37F3N4O2. The highest BCUT2D eigenvalue weighted by Gasteiger charge is 2.45. The number of methoxy groups -OCH3 is 2. The number of aromatic nitrogens is 2. The van der Waals surface area contributed by atoms with Crippen molar-refractivity contribution in [3.8, 4) is 5.88 Å². The van der Waals surface area contributed by atoms with Crippen LogP contribution in [0.2, 0.25) is 0 Å². The average molecular weight is 531 g/mol. The molecule has 5 rings (SSSR count). The van der Waals surface area contributed by atoms with Gasteiger partial charge in [-0.3, -0.25) is 9.88 Å². The SMILES string of the molecule is C=C(N1CCc2ncc(C(F)(F)F)cc2C1)C1(COC)CCN(C2CCC(c3ccc(OC)nc3)CC2)C1. The van der Waals surface area contributed by atoms with Crippen molar-refractivity contribution in [3.63, 3.8) is 0 Å². The monoisotopic (exact) mass is 530 g/mol. The zero-order chi connectivity index (χ0) is 26.9. The Balaban J connectivity index is 1.23. The first-order chi connectivity index (χ1) is 18.2. The lowest BCUT2D eigenvalue weighted by atomic mass is 9.81. The molecule has 3 aliphatic rings. The molecule has 1 unspecified atom stereocenters. The van der Waals surface area contributed by atoms with Crippen LogP contribution in [0, 0.1) is 5.41 Å².